The molecule has 1 fully saturated rings. The lowest BCUT2D eigenvalue weighted by Gasteiger charge is -2.16. The SMILES string of the molecule is N#CC(Nc1nc2ccccc2s1)C1CCNC1. The average molecular weight is 258 g/mol. The van der Waals surface area contributed by atoms with Crippen molar-refractivity contribution in [3.05, 3.63) is 24.3 Å². The molecule has 0 bridgehead atoms. The first-order chi connectivity index (χ1) is 8.86. The number of aromatic nitrogens is 1. The van der Waals surface area contributed by atoms with E-state index in [-0.39, 0.29) is 6.04 Å². The number of anilines is 1. The van der Waals surface area contributed by atoms with Gasteiger partial charge in [0.25, 0.3) is 0 Å². The van der Waals surface area contributed by atoms with Gasteiger partial charge in [0.1, 0.15) is 6.04 Å². The predicted octanol–water partition coefficient (Wildman–Crippen LogP) is 2.21. The van der Waals surface area contributed by atoms with Crippen molar-refractivity contribution in [2.24, 2.45) is 5.92 Å². The minimum Gasteiger partial charge on any atom is -0.346 e. The maximum absolute atomic E-state index is 9.26. The third-order valence-corrected chi connectivity index (χ3v) is 4.25. The molecule has 2 atom stereocenters. The molecule has 2 N–H and O–H groups in total. The van der Waals surface area contributed by atoms with E-state index in [1.165, 1.54) is 0 Å². The van der Waals surface area contributed by atoms with Crippen molar-refractivity contribution in [1.82, 2.24) is 10.3 Å². The molecule has 0 saturated carbocycles. The normalized spacial score (nSPS) is 20.7. The van der Waals surface area contributed by atoms with Crippen LogP contribution in [0.2, 0.25) is 0 Å². The van der Waals surface area contributed by atoms with Gasteiger partial charge in [0.15, 0.2) is 5.13 Å². The monoisotopic (exact) mass is 258 g/mol. The summed E-state index contributed by atoms with van der Waals surface area (Å²) in [6.45, 7) is 1.92. The van der Waals surface area contributed by atoms with E-state index in [0.717, 1.165) is 34.9 Å². The second-order valence-electron chi connectivity index (χ2n) is 4.49. The van der Waals surface area contributed by atoms with E-state index >= 15 is 0 Å². The molecule has 1 saturated heterocycles. The Balaban J connectivity index is 1.80. The standard InChI is InChI=1S/C13H14N4S/c14-7-11(9-5-6-15-8-9)17-13-16-10-3-1-2-4-12(10)18-13/h1-4,9,11,15H,5-6,8H2,(H,16,17). The molecule has 5 heteroatoms. The maximum Gasteiger partial charge on any atom is 0.184 e. The molecule has 2 aromatic rings. The van der Waals surface area contributed by atoms with E-state index in [2.05, 4.69) is 27.8 Å². The fourth-order valence-corrected chi connectivity index (χ4v) is 3.19. The molecule has 0 radical (unpaired) electrons. The molecule has 1 aromatic carbocycles. The highest BCUT2D eigenvalue weighted by Gasteiger charge is 2.25. The van der Waals surface area contributed by atoms with Crippen LogP contribution in [0.1, 0.15) is 6.42 Å². The molecular weight excluding hydrogens is 244 g/mol. The summed E-state index contributed by atoms with van der Waals surface area (Å²) in [5, 5.41) is 16.7. The lowest BCUT2D eigenvalue weighted by atomic mass is 10.0. The summed E-state index contributed by atoms with van der Waals surface area (Å²) in [6.07, 6.45) is 1.05. The number of fused-ring (bicyclic) bond motifs is 1. The second-order valence-corrected chi connectivity index (χ2v) is 5.52. The van der Waals surface area contributed by atoms with Gasteiger partial charge in [-0.15, -0.1) is 0 Å². The first-order valence-electron chi connectivity index (χ1n) is 6.09. The Morgan fingerprint density at radius 2 is 2.39 bits per heavy atom. The molecule has 1 aliphatic heterocycles. The van der Waals surface area contributed by atoms with Crippen LogP contribution in [-0.2, 0) is 0 Å². The molecule has 2 heterocycles. The number of hydrogen-bond donors (Lipinski definition) is 2. The topological polar surface area (TPSA) is 60.7 Å². The second kappa shape index (κ2) is 4.92. The van der Waals surface area contributed by atoms with E-state index in [0.29, 0.717) is 5.92 Å². The summed E-state index contributed by atoms with van der Waals surface area (Å²) in [7, 11) is 0. The van der Waals surface area contributed by atoms with Crippen LogP contribution in [0, 0.1) is 17.2 Å². The molecular formula is C13H14N4S. The van der Waals surface area contributed by atoms with E-state index in [4.69, 9.17) is 0 Å². The Bertz CT molecular complexity index is 547. The molecule has 4 nitrogen and oxygen atoms in total. The number of nitrogens with one attached hydrogen (secondary N) is 2. The van der Waals surface area contributed by atoms with E-state index in [9.17, 15) is 5.26 Å². The van der Waals surface area contributed by atoms with Gasteiger partial charge >= 0.3 is 0 Å². The first kappa shape index (κ1) is 11.5. The van der Waals surface area contributed by atoms with Gasteiger partial charge in [-0.2, -0.15) is 5.26 Å². The van der Waals surface area contributed by atoms with Gasteiger partial charge in [0.2, 0.25) is 0 Å². The van der Waals surface area contributed by atoms with Crippen molar-refractivity contribution < 1.29 is 0 Å². The zero-order valence-corrected chi connectivity index (χ0v) is 10.7. The van der Waals surface area contributed by atoms with Crippen LogP contribution in [-0.4, -0.2) is 24.1 Å². The predicted molar refractivity (Wildman–Crippen MR) is 73.6 cm³/mol. The fourth-order valence-electron chi connectivity index (χ4n) is 2.28. The summed E-state index contributed by atoms with van der Waals surface area (Å²) < 4.78 is 1.15. The van der Waals surface area contributed by atoms with Crippen molar-refractivity contribution in [3.8, 4) is 6.07 Å². The highest BCUT2D eigenvalue weighted by Crippen LogP contribution is 2.27. The van der Waals surface area contributed by atoms with Crippen LogP contribution >= 0.6 is 11.3 Å². The number of nitriles is 1. The van der Waals surface area contributed by atoms with Crippen LogP contribution in [0.5, 0.6) is 0 Å². The highest BCUT2D eigenvalue weighted by atomic mass is 32.1. The Morgan fingerprint density at radius 1 is 1.50 bits per heavy atom. The molecule has 18 heavy (non-hydrogen) atoms. The molecule has 0 amide bonds. The number of benzene rings is 1. The summed E-state index contributed by atoms with van der Waals surface area (Å²) >= 11 is 1.61. The summed E-state index contributed by atoms with van der Waals surface area (Å²) in [5.41, 5.74) is 0.992. The van der Waals surface area contributed by atoms with Crippen molar-refractivity contribution in [2.75, 3.05) is 18.4 Å². The van der Waals surface area contributed by atoms with E-state index < -0.39 is 0 Å². The Morgan fingerprint density at radius 3 is 3.11 bits per heavy atom. The van der Waals surface area contributed by atoms with Crippen molar-refractivity contribution in [2.45, 2.75) is 12.5 Å². The smallest absolute Gasteiger partial charge is 0.184 e. The molecule has 3 rings (SSSR count). The zero-order chi connectivity index (χ0) is 12.4. The quantitative estimate of drug-likeness (QED) is 0.886. The molecule has 0 spiro atoms. The lowest BCUT2D eigenvalue weighted by Crippen LogP contribution is -2.29. The lowest BCUT2D eigenvalue weighted by molar-refractivity contribution is 0.550. The minimum absolute atomic E-state index is 0.152. The Kier molecular flexibility index (Phi) is 3.13. The molecule has 1 aliphatic rings. The third kappa shape index (κ3) is 2.17. The molecule has 92 valence electrons. The van der Waals surface area contributed by atoms with Crippen molar-refractivity contribution in [3.63, 3.8) is 0 Å². The fraction of sp³-hybridized carbons (Fsp3) is 0.385. The number of hydrogen-bond acceptors (Lipinski definition) is 5. The average Bonchev–Trinajstić information content (AvgIpc) is 3.04. The number of para-hydroxylation sites is 1. The number of nitrogens with zero attached hydrogens (tertiary/aromatic N) is 2. The zero-order valence-electron chi connectivity index (χ0n) is 9.89. The third-order valence-electron chi connectivity index (χ3n) is 3.28. The molecule has 2 unspecified atom stereocenters. The van der Waals surface area contributed by atoms with Crippen molar-refractivity contribution in [1.29, 1.82) is 5.26 Å². The highest BCUT2D eigenvalue weighted by molar-refractivity contribution is 7.22. The number of rotatable bonds is 3. The first-order valence-corrected chi connectivity index (χ1v) is 6.91. The van der Waals surface area contributed by atoms with Crippen LogP contribution in [0.25, 0.3) is 10.2 Å². The van der Waals surface area contributed by atoms with Crippen molar-refractivity contribution >= 4 is 26.7 Å². The van der Waals surface area contributed by atoms with Crippen LogP contribution in [0.4, 0.5) is 5.13 Å². The van der Waals surface area contributed by atoms with Gasteiger partial charge in [0, 0.05) is 12.5 Å². The largest absolute Gasteiger partial charge is 0.346 e. The van der Waals surface area contributed by atoms with Crippen LogP contribution in [0.3, 0.4) is 0 Å². The molecule has 1 aromatic heterocycles. The van der Waals surface area contributed by atoms with Crippen LogP contribution < -0.4 is 10.6 Å². The molecule has 0 aliphatic carbocycles. The van der Waals surface area contributed by atoms with Gasteiger partial charge in [-0.05, 0) is 25.1 Å². The number of thiazole rings is 1. The Hall–Kier alpha value is -1.64. The Labute approximate surface area is 110 Å². The summed E-state index contributed by atoms with van der Waals surface area (Å²) in [5.74, 6) is 0.377. The van der Waals surface area contributed by atoms with E-state index in [1.54, 1.807) is 11.3 Å². The summed E-state index contributed by atoms with van der Waals surface area (Å²) in [6, 6.07) is 10.2. The maximum atomic E-state index is 9.26. The van der Waals surface area contributed by atoms with Gasteiger partial charge in [-0.1, -0.05) is 23.5 Å². The summed E-state index contributed by atoms with van der Waals surface area (Å²) in [4.78, 5) is 4.51. The van der Waals surface area contributed by atoms with E-state index in [1.807, 2.05) is 18.2 Å². The van der Waals surface area contributed by atoms with Crippen LogP contribution in [0.15, 0.2) is 24.3 Å². The van der Waals surface area contributed by atoms with Gasteiger partial charge in [-0.25, -0.2) is 4.98 Å². The minimum atomic E-state index is -0.152. The van der Waals surface area contributed by atoms with Gasteiger partial charge in [0.05, 0.1) is 16.3 Å². The van der Waals surface area contributed by atoms with Gasteiger partial charge in [-0.3, -0.25) is 0 Å². The van der Waals surface area contributed by atoms with Gasteiger partial charge < -0.3 is 10.6 Å².